The molecule has 0 amide bonds. The standard InChI is InChI=1S/C21H22O3/c1-21(2)13-12-17-19(24-21)11-7-15-6-10-18(23-20(15)17)14-4-8-16(22-3)9-5-14/h4-5,7-9,11-13,18H,6,10H2,1-3H3/t18-/m1/s1. The Morgan fingerprint density at radius 1 is 1.08 bits per heavy atom. The average Bonchev–Trinajstić information content (AvgIpc) is 2.60. The van der Waals surface area contributed by atoms with Crippen LogP contribution in [-0.2, 0) is 6.42 Å². The van der Waals surface area contributed by atoms with Gasteiger partial charge in [0.1, 0.15) is 29.0 Å². The van der Waals surface area contributed by atoms with E-state index in [1.54, 1.807) is 7.11 Å². The summed E-state index contributed by atoms with van der Waals surface area (Å²) < 4.78 is 17.7. The summed E-state index contributed by atoms with van der Waals surface area (Å²) in [5, 5.41) is 0. The topological polar surface area (TPSA) is 27.7 Å². The van der Waals surface area contributed by atoms with Crippen molar-refractivity contribution in [3.05, 3.63) is 59.2 Å². The molecule has 0 spiro atoms. The first-order valence-corrected chi connectivity index (χ1v) is 8.40. The van der Waals surface area contributed by atoms with Gasteiger partial charge in [-0.3, -0.25) is 0 Å². The minimum Gasteiger partial charge on any atom is -0.497 e. The number of hydrogen-bond donors (Lipinski definition) is 0. The van der Waals surface area contributed by atoms with Gasteiger partial charge >= 0.3 is 0 Å². The molecule has 3 nitrogen and oxygen atoms in total. The van der Waals surface area contributed by atoms with Gasteiger partial charge in [0.15, 0.2) is 0 Å². The van der Waals surface area contributed by atoms with Gasteiger partial charge in [0.05, 0.1) is 12.7 Å². The molecule has 0 fully saturated rings. The van der Waals surface area contributed by atoms with E-state index in [2.05, 4.69) is 50.3 Å². The SMILES string of the molecule is COc1ccc([C@H]2CCc3ccc4c(c3O2)C=CC(C)(C)O4)cc1. The molecule has 2 heterocycles. The van der Waals surface area contributed by atoms with E-state index in [0.29, 0.717) is 0 Å². The van der Waals surface area contributed by atoms with Crippen molar-refractivity contribution in [3.8, 4) is 17.2 Å². The second-order valence-corrected chi connectivity index (χ2v) is 6.92. The fourth-order valence-corrected chi connectivity index (χ4v) is 3.35. The lowest BCUT2D eigenvalue weighted by atomic mass is 9.93. The molecule has 0 saturated heterocycles. The van der Waals surface area contributed by atoms with Gasteiger partial charge in [-0.1, -0.05) is 18.2 Å². The monoisotopic (exact) mass is 322 g/mol. The van der Waals surface area contributed by atoms with E-state index in [1.165, 1.54) is 11.1 Å². The van der Waals surface area contributed by atoms with Gasteiger partial charge in [-0.2, -0.15) is 0 Å². The number of hydrogen-bond acceptors (Lipinski definition) is 3. The summed E-state index contributed by atoms with van der Waals surface area (Å²) in [6.07, 6.45) is 6.28. The first kappa shape index (κ1) is 15.1. The van der Waals surface area contributed by atoms with E-state index in [0.717, 1.165) is 35.7 Å². The van der Waals surface area contributed by atoms with Crippen molar-refractivity contribution in [3.63, 3.8) is 0 Å². The van der Waals surface area contributed by atoms with Crippen LogP contribution in [0.3, 0.4) is 0 Å². The van der Waals surface area contributed by atoms with Crippen molar-refractivity contribution in [1.82, 2.24) is 0 Å². The molecule has 0 saturated carbocycles. The van der Waals surface area contributed by atoms with Crippen LogP contribution in [0.2, 0.25) is 0 Å². The van der Waals surface area contributed by atoms with Gasteiger partial charge in [-0.25, -0.2) is 0 Å². The minimum atomic E-state index is -0.273. The number of rotatable bonds is 2. The number of benzene rings is 2. The van der Waals surface area contributed by atoms with Crippen LogP contribution in [0, 0.1) is 0 Å². The maximum atomic E-state index is 6.39. The smallest absolute Gasteiger partial charge is 0.134 e. The van der Waals surface area contributed by atoms with E-state index >= 15 is 0 Å². The van der Waals surface area contributed by atoms with Crippen molar-refractivity contribution in [1.29, 1.82) is 0 Å². The van der Waals surface area contributed by atoms with Crippen LogP contribution in [0.5, 0.6) is 17.2 Å². The van der Waals surface area contributed by atoms with Crippen LogP contribution in [-0.4, -0.2) is 12.7 Å². The summed E-state index contributed by atoms with van der Waals surface area (Å²) in [6.45, 7) is 4.12. The van der Waals surface area contributed by atoms with Crippen LogP contribution in [0.25, 0.3) is 6.08 Å². The maximum Gasteiger partial charge on any atom is 0.134 e. The van der Waals surface area contributed by atoms with Gasteiger partial charge in [-0.15, -0.1) is 0 Å². The first-order chi connectivity index (χ1) is 11.6. The third-order valence-electron chi connectivity index (χ3n) is 4.69. The highest BCUT2D eigenvalue weighted by atomic mass is 16.5. The number of aryl methyl sites for hydroxylation is 1. The maximum absolute atomic E-state index is 6.39. The summed E-state index contributed by atoms with van der Waals surface area (Å²) in [5.74, 6) is 2.73. The van der Waals surface area contributed by atoms with Gasteiger partial charge in [0, 0.05) is 0 Å². The highest BCUT2D eigenvalue weighted by Crippen LogP contribution is 2.44. The Morgan fingerprint density at radius 3 is 2.62 bits per heavy atom. The second-order valence-electron chi connectivity index (χ2n) is 6.92. The number of ether oxygens (including phenoxy) is 3. The summed E-state index contributed by atoms with van der Waals surface area (Å²) >= 11 is 0. The molecule has 2 aliphatic heterocycles. The highest BCUT2D eigenvalue weighted by Gasteiger charge is 2.29. The van der Waals surface area contributed by atoms with Crippen LogP contribution in [0.15, 0.2) is 42.5 Å². The summed E-state index contributed by atoms with van der Waals surface area (Å²) in [6, 6.07) is 12.3. The molecule has 0 aromatic heterocycles. The average molecular weight is 322 g/mol. The van der Waals surface area contributed by atoms with Crippen molar-refractivity contribution in [2.24, 2.45) is 0 Å². The normalized spacial score (nSPS) is 20.4. The largest absolute Gasteiger partial charge is 0.497 e. The lowest BCUT2D eigenvalue weighted by molar-refractivity contribution is 0.151. The molecule has 0 bridgehead atoms. The zero-order valence-electron chi connectivity index (χ0n) is 14.3. The molecular formula is C21H22O3. The molecule has 2 aromatic rings. The molecule has 3 heteroatoms. The van der Waals surface area contributed by atoms with E-state index in [-0.39, 0.29) is 11.7 Å². The molecule has 0 aliphatic carbocycles. The molecule has 4 rings (SSSR count). The Kier molecular flexibility index (Phi) is 3.52. The lowest BCUT2D eigenvalue weighted by Gasteiger charge is -2.33. The van der Waals surface area contributed by atoms with Gasteiger partial charge in [0.2, 0.25) is 0 Å². The summed E-state index contributed by atoms with van der Waals surface area (Å²) in [7, 11) is 1.68. The Morgan fingerprint density at radius 2 is 1.88 bits per heavy atom. The fraction of sp³-hybridized carbons (Fsp3) is 0.333. The fourth-order valence-electron chi connectivity index (χ4n) is 3.35. The van der Waals surface area contributed by atoms with Gasteiger partial charge in [-0.05, 0) is 68.2 Å². The molecule has 0 radical (unpaired) electrons. The molecule has 2 aromatic carbocycles. The van der Waals surface area contributed by atoms with Crippen molar-refractivity contribution < 1.29 is 14.2 Å². The van der Waals surface area contributed by atoms with Crippen LogP contribution < -0.4 is 14.2 Å². The molecule has 24 heavy (non-hydrogen) atoms. The minimum absolute atomic E-state index is 0.0678. The predicted molar refractivity (Wildman–Crippen MR) is 94.9 cm³/mol. The van der Waals surface area contributed by atoms with E-state index in [1.807, 2.05) is 12.1 Å². The molecule has 2 aliphatic rings. The lowest BCUT2D eigenvalue weighted by Crippen LogP contribution is -2.28. The van der Waals surface area contributed by atoms with Crippen LogP contribution in [0.1, 0.15) is 43.1 Å². The molecule has 124 valence electrons. The van der Waals surface area contributed by atoms with E-state index < -0.39 is 0 Å². The summed E-state index contributed by atoms with van der Waals surface area (Å²) in [5.41, 5.74) is 3.22. The number of methoxy groups -OCH3 is 1. The zero-order chi connectivity index (χ0) is 16.7. The van der Waals surface area contributed by atoms with Gasteiger partial charge in [0.25, 0.3) is 0 Å². The first-order valence-electron chi connectivity index (χ1n) is 8.40. The molecule has 0 unspecified atom stereocenters. The quantitative estimate of drug-likeness (QED) is 0.783. The van der Waals surface area contributed by atoms with E-state index in [4.69, 9.17) is 14.2 Å². The third kappa shape index (κ3) is 2.64. The molecule has 0 N–H and O–H groups in total. The Hall–Kier alpha value is -2.42. The highest BCUT2D eigenvalue weighted by molar-refractivity contribution is 5.69. The Balaban J connectivity index is 1.67. The molecule has 1 atom stereocenters. The number of fused-ring (bicyclic) bond motifs is 3. The van der Waals surface area contributed by atoms with Crippen molar-refractivity contribution in [2.45, 2.75) is 38.4 Å². The zero-order valence-corrected chi connectivity index (χ0v) is 14.3. The molecular weight excluding hydrogens is 300 g/mol. The van der Waals surface area contributed by atoms with Crippen LogP contribution in [0.4, 0.5) is 0 Å². The van der Waals surface area contributed by atoms with Gasteiger partial charge < -0.3 is 14.2 Å². The Labute approximate surface area is 142 Å². The van der Waals surface area contributed by atoms with Crippen molar-refractivity contribution in [2.75, 3.05) is 7.11 Å². The Bertz CT molecular complexity index is 787. The second kappa shape index (κ2) is 5.59. The van der Waals surface area contributed by atoms with Crippen LogP contribution >= 0.6 is 0 Å². The summed E-state index contributed by atoms with van der Waals surface area (Å²) in [4.78, 5) is 0. The van der Waals surface area contributed by atoms with Crippen molar-refractivity contribution >= 4 is 6.08 Å². The predicted octanol–water partition coefficient (Wildman–Crippen LogP) is 4.95. The van der Waals surface area contributed by atoms with E-state index in [9.17, 15) is 0 Å². The third-order valence-corrected chi connectivity index (χ3v) is 4.69.